The minimum atomic E-state index is -0.564. The van der Waals surface area contributed by atoms with Crippen molar-refractivity contribution in [2.24, 2.45) is 5.73 Å². The molecule has 118 valence electrons. The van der Waals surface area contributed by atoms with Crippen LogP contribution >= 0.6 is 12.4 Å². The van der Waals surface area contributed by atoms with E-state index in [2.05, 4.69) is 32.0 Å². The van der Waals surface area contributed by atoms with Crippen LogP contribution in [0.15, 0.2) is 18.2 Å². The van der Waals surface area contributed by atoms with Crippen molar-refractivity contribution in [2.45, 2.75) is 38.8 Å². The summed E-state index contributed by atoms with van der Waals surface area (Å²) in [4.78, 5) is 14.4. The van der Waals surface area contributed by atoms with Gasteiger partial charge in [0.1, 0.15) is 6.04 Å². The second-order valence-corrected chi connectivity index (χ2v) is 5.54. The Balaban J connectivity index is 0.00000220. The SMILES string of the molecule is COCC(N)C(=O)N1CCCC1c1cccc(C)c1C.Cl. The van der Waals surface area contributed by atoms with Gasteiger partial charge in [-0.05, 0) is 43.4 Å². The lowest BCUT2D eigenvalue weighted by atomic mass is 9.96. The molecule has 0 radical (unpaired) electrons. The number of hydrogen-bond acceptors (Lipinski definition) is 3. The highest BCUT2D eigenvalue weighted by Gasteiger charge is 2.33. The predicted octanol–water partition coefficient (Wildman–Crippen LogP) is 2.36. The van der Waals surface area contributed by atoms with E-state index in [4.69, 9.17) is 10.5 Å². The van der Waals surface area contributed by atoms with E-state index in [-0.39, 0.29) is 31.0 Å². The molecule has 1 aromatic rings. The van der Waals surface area contributed by atoms with Gasteiger partial charge < -0.3 is 15.4 Å². The zero-order valence-corrected chi connectivity index (χ0v) is 13.8. The van der Waals surface area contributed by atoms with Crippen LogP contribution in [0.5, 0.6) is 0 Å². The Hall–Kier alpha value is -1.10. The summed E-state index contributed by atoms with van der Waals surface area (Å²) in [6.45, 7) is 5.29. The zero-order valence-electron chi connectivity index (χ0n) is 13.0. The number of nitrogens with zero attached hydrogens (tertiary/aromatic N) is 1. The number of hydrogen-bond donors (Lipinski definition) is 1. The first kappa shape index (κ1) is 18.0. The molecule has 4 nitrogen and oxygen atoms in total. The molecule has 1 aromatic carbocycles. The van der Waals surface area contributed by atoms with Crippen LogP contribution in [-0.4, -0.2) is 37.1 Å². The fourth-order valence-electron chi connectivity index (χ4n) is 2.95. The van der Waals surface area contributed by atoms with Crippen LogP contribution in [0.2, 0.25) is 0 Å². The van der Waals surface area contributed by atoms with Crippen molar-refractivity contribution >= 4 is 18.3 Å². The van der Waals surface area contributed by atoms with Gasteiger partial charge in [-0.1, -0.05) is 18.2 Å². The first-order valence-electron chi connectivity index (χ1n) is 7.17. The Morgan fingerprint density at radius 2 is 2.19 bits per heavy atom. The Morgan fingerprint density at radius 1 is 1.48 bits per heavy atom. The minimum absolute atomic E-state index is 0. The molecule has 2 unspecified atom stereocenters. The summed E-state index contributed by atoms with van der Waals surface area (Å²) in [5, 5.41) is 0. The van der Waals surface area contributed by atoms with Crippen molar-refractivity contribution < 1.29 is 9.53 Å². The summed E-state index contributed by atoms with van der Waals surface area (Å²) in [5.74, 6) is -0.00439. The Kier molecular flexibility index (Phi) is 6.65. The second-order valence-electron chi connectivity index (χ2n) is 5.54. The van der Waals surface area contributed by atoms with Crippen molar-refractivity contribution in [1.82, 2.24) is 4.90 Å². The number of halogens is 1. The van der Waals surface area contributed by atoms with Gasteiger partial charge in [0.15, 0.2) is 0 Å². The number of carbonyl (C=O) groups is 1. The zero-order chi connectivity index (χ0) is 14.7. The van der Waals surface area contributed by atoms with E-state index in [0.717, 1.165) is 19.4 Å². The molecule has 5 heteroatoms. The molecule has 0 aliphatic carbocycles. The molecule has 2 N–H and O–H groups in total. The highest BCUT2D eigenvalue weighted by molar-refractivity contribution is 5.85. The first-order valence-corrected chi connectivity index (χ1v) is 7.17. The molecule has 1 fully saturated rings. The standard InChI is InChI=1S/C16H24N2O2.ClH/c1-11-6-4-7-13(12(11)2)15-8-5-9-18(15)16(19)14(17)10-20-3;/h4,6-7,14-15H,5,8-10,17H2,1-3H3;1H. The van der Waals surface area contributed by atoms with Crippen LogP contribution in [0, 0.1) is 13.8 Å². The van der Waals surface area contributed by atoms with E-state index in [1.54, 1.807) is 7.11 Å². The van der Waals surface area contributed by atoms with Crippen LogP contribution in [0.1, 0.15) is 35.6 Å². The molecule has 0 aromatic heterocycles. The molecule has 2 rings (SSSR count). The normalized spacial score (nSPS) is 19.2. The van der Waals surface area contributed by atoms with Gasteiger partial charge >= 0.3 is 0 Å². The van der Waals surface area contributed by atoms with Crippen molar-refractivity contribution in [2.75, 3.05) is 20.3 Å². The fraction of sp³-hybridized carbons (Fsp3) is 0.562. The molecule has 21 heavy (non-hydrogen) atoms. The number of rotatable bonds is 4. The van der Waals surface area contributed by atoms with Gasteiger partial charge in [0.05, 0.1) is 12.6 Å². The Bertz CT molecular complexity index is 493. The summed E-state index contributed by atoms with van der Waals surface area (Å²) in [6.07, 6.45) is 2.04. The van der Waals surface area contributed by atoms with E-state index >= 15 is 0 Å². The lowest BCUT2D eigenvalue weighted by Gasteiger charge is -2.29. The van der Waals surface area contributed by atoms with Gasteiger partial charge in [-0.3, -0.25) is 4.79 Å². The first-order chi connectivity index (χ1) is 9.56. The number of carbonyl (C=O) groups excluding carboxylic acids is 1. The molecule has 0 saturated carbocycles. The summed E-state index contributed by atoms with van der Waals surface area (Å²) in [7, 11) is 1.57. The van der Waals surface area contributed by atoms with Gasteiger partial charge in [-0.15, -0.1) is 12.4 Å². The van der Waals surface area contributed by atoms with Crippen LogP contribution in [0.3, 0.4) is 0 Å². The molecule has 0 spiro atoms. The fourth-order valence-corrected chi connectivity index (χ4v) is 2.95. The molecule has 2 atom stereocenters. The average Bonchev–Trinajstić information content (AvgIpc) is 2.90. The highest BCUT2D eigenvalue weighted by Crippen LogP contribution is 2.34. The van der Waals surface area contributed by atoms with Gasteiger partial charge in [0, 0.05) is 13.7 Å². The lowest BCUT2D eigenvalue weighted by molar-refractivity contribution is -0.134. The van der Waals surface area contributed by atoms with Crippen LogP contribution < -0.4 is 5.73 Å². The van der Waals surface area contributed by atoms with Crippen molar-refractivity contribution in [3.8, 4) is 0 Å². The largest absolute Gasteiger partial charge is 0.383 e. The van der Waals surface area contributed by atoms with Gasteiger partial charge in [-0.2, -0.15) is 0 Å². The third kappa shape index (κ3) is 3.76. The van der Waals surface area contributed by atoms with Crippen molar-refractivity contribution in [1.29, 1.82) is 0 Å². The summed E-state index contributed by atoms with van der Waals surface area (Å²) in [6, 6.07) is 5.89. The number of likely N-dealkylation sites (tertiary alicyclic amines) is 1. The third-order valence-corrected chi connectivity index (χ3v) is 4.20. The summed E-state index contributed by atoms with van der Waals surface area (Å²) >= 11 is 0. The van der Waals surface area contributed by atoms with Crippen LogP contribution in [0.4, 0.5) is 0 Å². The Morgan fingerprint density at radius 3 is 2.86 bits per heavy atom. The quantitative estimate of drug-likeness (QED) is 0.928. The van der Waals surface area contributed by atoms with Gasteiger partial charge in [0.25, 0.3) is 0 Å². The number of methoxy groups -OCH3 is 1. The smallest absolute Gasteiger partial charge is 0.242 e. The molecule has 1 aliphatic heterocycles. The number of nitrogens with two attached hydrogens (primary N) is 1. The van der Waals surface area contributed by atoms with Gasteiger partial charge in [0.2, 0.25) is 5.91 Å². The van der Waals surface area contributed by atoms with E-state index in [1.807, 2.05) is 4.90 Å². The molecule has 1 aliphatic rings. The number of amides is 1. The van der Waals surface area contributed by atoms with E-state index in [1.165, 1.54) is 16.7 Å². The maximum atomic E-state index is 12.4. The second kappa shape index (κ2) is 7.78. The van der Waals surface area contributed by atoms with Crippen molar-refractivity contribution in [3.63, 3.8) is 0 Å². The maximum absolute atomic E-state index is 12.4. The van der Waals surface area contributed by atoms with E-state index in [9.17, 15) is 4.79 Å². The molecule has 0 bridgehead atoms. The maximum Gasteiger partial charge on any atom is 0.242 e. The monoisotopic (exact) mass is 312 g/mol. The number of aryl methyl sites for hydroxylation is 1. The molecule has 1 heterocycles. The summed E-state index contributed by atoms with van der Waals surface area (Å²) < 4.78 is 5.00. The third-order valence-electron chi connectivity index (χ3n) is 4.20. The topological polar surface area (TPSA) is 55.6 Å². The summed E-state index contributed by atoms with van der Waals surface area (Å²) in [5.41, 5.74) is 9.69. The highest BCUT2D eigenvalue weighted by atomic mass is 35.5. The molecule has 1 saturated heterocycles. The molecular formula is C16H25ClN2O2. The molecule has 1 amide bonds. The predicted molar refractivity (Wildman–Crippen MR) is 86.7 cm³/mol. The van der Waals surface area contributed by atoms with Gasteiger partial charge in [-0.25, -0.2) is 0 Å². The number of benzene rings is 1. The Labute approximate surface area is 133 Å². The average molecular weight is 313 g/mol. The number of ether oxygens (including phenoxy) is 1. The minimum Gasteiger partial charge on any atom is -0.383 e. The van der Waals surface area contributed by atoms with E-state index < -0.39 is 6.04 Å². The van der Waals surface area contributed by atoms with Crippen molar-refractivity contribution in [3.05, 3.63) is 34.9 Å². The van der Waals surface area contributed by atoms with Crippen LogP contribution in [0.25, 0.3) is 0 Å². The van der Waals surface area contributed by atoms with E-state index in [0.29, 0.717) is 0 Å². The molecular weight excluding hydrogens is 288 g/mol. The van der Waals surface area contributed by atoms with Crippen LogP contribution in [-0.2, 0) is 9.53 Å². The lowest BCUT2D eigenvalue weighted by Crippen LogP contribution is -2.45.